The van der Waals surface area contributed by atoms with Crippen LogP contribution >= 0.6 is 34.4 Å². The lowest BCUT2D eigenvalue weighted by atomic mass is 10.1. The molecule has 0 saturated carbocycles. The number of carbonyl (C=O) groups excluding carboxylic acids is 1. The maximum Gasteiger partial charge on any atom is 0.264 e. The molecule has 5 nitrogen and oxygen atoms in total. The number of carbonyl (C=O) groups is 1. The first-order valence-electron chi connectivity index (χ1n) is 10.5. The fourth-order valence-corrected chi connectivity index (χ4v) is 7.09. The van der Waals surface area contributed by atoms with E-state index in [9.17, 15) is 9.59 Å². The van der Waals surface area contributed by atoms with E-state index in [2.05, 4.69) is 48.5 Å². The van der Waals surface area contributed by atoms with Gasteiger partial charge in [0, 0.05) is 22.9 Å². The summed E-state index contributed by atoms with van der Waals surface area (Å²) in [5.74, 6) is 1.20. The standard InChI is InChI=1S/C24H23N3O2S3/c1-13-4-5-14(2)18(10-13)31-12-19-25-22(28)20-15(3)21(32-23(20)26-19)24(29)27-8-6-17-16(11-27)7-9-30-17/h4-5,7,9-10H,6,8,11-12H2,1-3H3,(H,25,26,28). The first-order chi connectivity index (χ1) is 15.4. The van der Waals surface area contributed by atoms with Crippen LogP contribution in [-0.2, 0) is 18.7 Å². The number of hydrogen-bond acceptors (Lipinski definition) is 6. The van der Waals surface area contributed by atoms with Crippen molar-refractivity contribution < 1.29 is 4.79 Å². The summed E-state index contributed by atoms with van der Waals surface area (Å²) in [7, 11) is 0. The number of nitrogens with one attached hydrogen (secondary N) is 1. The summed E-state index contributed by atoms with van der Waals surface area (Å²) in [6.07, 6.45) is 0.890. The number of aryl methyl sites for hydroxylation is 3. The van der Waals surface area contributed by atoms with Gasteiger partial charge < -0.3 is 9.88 Å². The SMILES string of the molecule is Cc1ccc(C)c(SCc2nc3sc(C(=O)N4CCc5sccc5C4)c(C)c3c(=O)[nH]2)c1. The first-order valence-corrected chi connectivity index (χ1v) is 13.2. The molecule has 0 fully saturated rings. The second-order valence-electron chi connectivity index (χ2n) is 8.15. The number of nitrogens with zero attached hydrogens (tertiary/aromatic N) is 2. The molecule has 0 saturated heterocycles. The molecule has 164 valence electrons. The Morgan fingerprint density at radius 1 is 1.25 bits per heavy atom. The smallest absolute Gasteiger partial charge is 0.264 e. The summed E-state index contributed by atoms with van der Waals surface area (Å²) in [6.45, 7) is 7.35. The minimum absolute atomic E-state index is 0.00643. The predicted octanol–water partition coefficient (Wildman–Crippen LogP) is 5.46. The van der Waals surface area contributed by atoms with Gasteiger partial charge in [0.2, 0.25) is 0 Å². The Labute approximate surface area is 198 Å². The van der Waals surface area contributed by atoms with E-state index in [-0.39, 0.29) is 11.5 Å². The van der Waals surface area contributed by atoms with Crippen LogP contribution in [0.1, 0.15) is 42.6 Å². The molecule has 0 bridgehead atoms. The van der Waals surface area contributed by atoms with Gasteiger partial charge in [0.15, 0.2) is 0 Å². The molecule has 1 aromatic carbocycles. The molecule has 5 rings (SSSR count). The van der Waals surface area contributed by atoms with Crippen molar-refractivity contribution in [2.24, 2.45) is 0 Å². The van der Waals surface area contributed by atoms with E-state index >= 15 is 0 Å². The number of rotatable bonds is 4. The van der Waals surface area contributed by atoms with Crippen LogP contribution in [0.2, 0.25) is 0 Å². The fraction of sp³-hybridized carbons (Fsp3) is 0.292. The van der Waals surface area contributed by atoms with Gasteiger partial charge in [-0.1, -0.05) is 17.7 Å². The Morgan fingerprint density at radius 3 is 2.94 bits per heavy atom. The molecule has 4 aromatic rings. The number of thiophene rings is 2. The van der Waals surface area contributed by atoms with Crippen molar-refractivity contribution in [3.05, 3.63) is 77.8 Å². The molecule has 0 atom stereocenters. The van der Waals surface area contributed by atoms with Crippen molar-refractivity contribution in [1.82, 2.24) is 14.9 Å². The van der Waals surface area contributed by atoms with Gasteiger partial charge in [-0.2, -0.15) is 0 Å². The van der Waals surface area contributed by atoms with Crippen LogP contribution in [-0.4, -0.2) is 27.3 Å². The molecule has 1 N–H and O–H groups in total. The second-order valence-corrected chi connectivity index (χ2v) is 11.2. The van der Waals surface area contributed by atoms with Gasteiger partial charge in [-0.3, -0.25) is 9.59 Å². The van der Waals surface area contributed by atoms with Crippen molar-refractivity contribution in [2.75, 3.05) is 6.54 Å². The molecule has 3 aromatic heterocycles. The van der Waals surface area contributed by atoms with Crippen LogP contribution in [0.4, 0.5) is 0 Å². The molecule has 0 aliphatic carbocycles. The number of H-pyrrole nitrogens is 1. The number of amides is 1. The van der Waals surface area contributed by atoms with Crippen molar-refractivity contribution in [3.8, 4) is 0 Å². The number of thioether (sulfide) groups is 1. The summed E-state index contributed by atoms with van der Waals surface area (Å²) in [5.41, 5.74) is 4.21. The summed E-state index contributed by atoms with van der Waals surface area (Å²) < 4.78 is 0. The molecule has 0 radical (unpaired) electrons. The first kappa shape index (κ1) is 21.4. The molecule has 4 heterocycles. The zero-order chi connectivity index (χ0) is 22.4. The quantitative estimate of drug-likeness (QED) is 0.393. The third-order valence-electron chi connectivity index (χ3n) is 5.85. The fourth-order valence-electron chi connectivity index (χ4n) is 4.04. The summed E-state index contributed by atoms with van der Waals surface area (Å²) in [5, 5.41) is 2.62. The second kappa shape index (κ2) is 8.50. The van der Waals surface area contributed by atoms with Crippen LogP contribution in [0.5, 0.6) is 0 Å². The van der Waals surface area contributed by atoms with E-state index in [1.807, 2.05) is 11.8 Å². The van der Waals surface area contributed by atoms with Crippen LogP contribution in [0.25, 0.3) is 10.2 Å². The number of benzene rings is 1. The molecule has 1 aliphatic heterocycles. The van der Waals surface area contributed by atoms with Crippen LogP contribution in [0.15, 0.2) is 39.3 Å². The van der Waals surface area contributed by atoms with Gasteiger partial charge in [0.05, 0.1) is 16.0 Å². The van der Waals surface area contributed by atoms with E-state index in [0.717, 1.165) is 12.0 Å². The van der Waals surface area contributed by atoms with Crippen molar-refractivity contribution in [2.45, 2.75) is 44.4 Å². The zero-order valence-electron chi connectivity index (χ0n) is 18.2. The Balaban J connectivity index is 1.42. The maximum absolute atomic E-state index is 13.3. The number of aromatic nitrogens is 2. The average molecular weight is 482 g/mol. The lowest BCUT2D eigenvalue weighted by molar-refractivity contribution is 0.0740. The molecule has 0 unspecified atom stereocenters. The number of hydrogen-bond donors (Lipinski definition) is 1. The van der Waals surface area contributed by atoms with Gasteiger partial charge in [-0.15, -0.1) is 34.4 Å². The van der Waals surface area contributed by atoms with E-state index in [1.54, 1.807) is 23.1 Å². The van der Waals surface area contributed by atoms with E-state index in [0.29, 0.717) is 39.8 Å². The monoisotopic (exact) mass is 481 g/mol. The van der Waals surface area contributed by atoms with Gasteiger partial charge in [0.25, 0.3) is 11.5 Å². The van der Waals surface area contributed by atoms with Crippen molar-refractivity contribution >= 4 is 50.6 Å². The van der Waals surface area contributed by atoms with Crippen LogP contribution in [0.3, 0.4) is 0 Å². The lowest BCUT2D eigenvalue weighted by Crippen LogP contribution is -2.35. The van der Waals surface area contributed by atoms with E-state index < -0.39 is 0 Å². The molecular formula is C24H23N3O2S3. The molecule has 32 heavy (non-hydrogen) atoms. The zero-order valence-corrected chi connectivity index (χ0v) is 20.6. The Kier molecular flexibility index (Phi) is 5.69. The highest BCUT2D eigenvalue weighted by Gasteiger charge is 2.27. The van der Waals surface area contributed by atoms with Gasteiger partial charge >= 0.3 is 0 Å². The third kappa shape index (κ3) is 3.91. The normalized spacial score (nSPS) is 13.5. The van der Waals surface area contributed by atoms with Crippen LogP contribution in [0, 0.1) is 20.8 Å². The van der Waals surface area contributed by atoms with Gasteiger partial charge in [-0.05, 0) is 61.4 Å². The number of aromatic amines is 1. The summed E-state index contributed by atoms with van der Waals surface area (Å²) >= 11 is 4.76. The minimum Gasteiger partial charge on any atom is -0.333 e. The maximum atomic E-state index is 13.3. The largest absolute Gasteiger partial charge is 0.333 e. The lowest BCUT2D eigenvalue weighted by Gasteiger charge is -2.26. The topological polar surface area (TPSA) is 66.1 Å². The third-order valence-corrected chi connectivity index (χ3v) is 9.21. The van der Waals surface area contributed by atoms with Gasteiger partial charge in [0.1, 0.15) is 10.7 Å². The van der Waals surface area contributed by atoms with E-state index in [1.165, 1.54) is 37.8 Å². The van der Waals surface area contributed by atoms with Crippen LogP contribution < -0.4 is 5.56 Å². The Bertz CT molecular complexity index is 1400. The average Bonchev–Trinajstić information content (AvgIpc) is 3.37. The van der Waals surface area contributed by atoms with E-state index in [4.69, 9.17) is 4.98 Å². The van der Waals surface area contributed by atoms with Crippen molar-refractivity contribution in [1.29, 1.82) is 0 Å². The summed E-state index contributed by atoms with van der Waals surface area (Å²) in [4.78, 5) is 39.5. The minimum atomic E-state index is -0.168. The predicted molar refractivity (Wildman–Crippen MR) is 133 cm³/mol. The van der Waals surface area contributed by atoms with Crippen molar-refractivity contribution in [3.63, 3.8) is 0 Å². The molecule has 1 aliphatic rings. The highest BCUT2D eigenvalue weighted by molar-refractivity contribution is 7.98. The highest BCUT2D eigenvalue weighted by atomic mass is 32.2. The molecule has 0 spiro atoms. The molecule has 1 amide bonds. The molecular weight excluding hydrogens is 458 g/mol. The number of fused-ring (bicyclic) bond motifs is 2. The molecule has 8 heteroatoms. The Morgan fingerprint density at radius 2 is 2.09 bits per heavy atom. The Hall–Kier alpha value is -2.42. The highest BCUT2D eigenvalue weighted by Crippen LogP contribution is 2.32. The summed E-state index contributed by atoms with van der Waals surface area (Å²) in [6, 6.07) is 8.46. The van der Waals surface area contributed by atoms with Gasteiger partial charge in [-0.25, -0.2) is 4.98 Å².